The number of para-hydroxylation sites is 1. The minimum Gasteiger partial charge on any atom is -0.508 e. The van der Waals surface area contributed by atoms with Crippen molar-refractivity contribution in [3.63, 3.8) is 0 Å². The lowest BCUT2D eigenvalue weighted by Crippen LogP contribution is -2.30. The number of carbonyl (C=O) groups excluding carboxylic acids is 1. The monoisotopic (exact) mass is 520 g/mol. The summed E-state index contributed by atoms with van der Waals surface area (Å²) in [4.78, 5) is 20.5. The summed E-state index contributed by atoms with van der Waals surface area (Å²) in [6, 6.07) is 16.7. The fourth-order valence-electron chi connectivity index (χ4n) is 4.59. The molecule has 5 heteroatoms. The van der Waals surface area contributed by atoms with E-state index in [4.69, 9.17) is 4.99 Å². The van der Waals surface area contributed by atoms with Gasteiger partial charge in [-0.1, -0.05) is 121 Å². The van der Waals surface area contributed by atoms with Crippen LogP contribution in [0.4, 0.5) is 5.69 Å². The molecule has 0 spiro atoms. The maximum atomic E-state index is 13.2. The number of carbonyl (C=O) groups is 1. The lowest BCUT2D eigenvalue weighted by molar-refractivity contribution is -0.122. The Hall–Kier alpha value is -2.53. The molecule has 1 fully saturated rings. The van der Waals surface area contributed by atoms with E-state index in [0.29, 0.717) is 11.4 Å². The maximum Gasteiger partial charge on any atom is 0.266 e. The Bertz CT molecular complexity index is 986. The standard InChI is InChI=1S/C32H44N2O2S/c1-2-3-4-5-6-7-8-9-10-11-12-13-14-18-25-34-31(36)30(26-27-21-23-29(35)24-22-27)37-32(34)33-28-19-16-15-17-20-28/h15-17,19-24,26,35H,2-14,18,25H2,1H3/b30-26+,33-32?. The van der Waals surface area contributed by atoms with Crippen molar-refractivity contribution in [1.29, 1.82) is 0 Å². The van der Waals surface area contributed by atoms with Gasteiger partial charge in [-0.05, 0) is 54.1 Å². The van der Waals surface area contributed by atoms with Gasteiger partial charge in [-0.3, -0.25) is 9.69 Å². The van der Waals surface area contributed by atoms with Crippen LogP contribution in [0, 0.1) is 0 Å². The van der Waals surface area contributed by atoms with Gasteiger partial charge in [0, 0.05) is 6.54 Å². The largest absolute Gasteiger partial charge is 0.508 e. The summed E-state index contributed by atoms with van der Waals surface area (Å²) in [5.41, 5.74) is 1.75. The van der Waals surface area contributed by atoms with Crippen LogP contribution in [-0.4, -0.2) is 27.6 Å². The molecule has 4 nitrogen and oxygen atoms in total. The number of hydrogen-bond acceptors (Lipinski definition) is 4. The molecule has 1 heterocycles. The number of aromatic hydroxyl groups is 1. The average molecular weight is 521 g/mol. The Morgan fingerprint density at radius 1 is 0.757 bits per heavy atom. The first-order valence-corrected chi connectivity index (χ1v) is 15.1. The smallest absolute Gasteiger partial charge is 0.266 e. The van der Waals surface area contributed by atoms with E-state index in [0.717, 1.165) is 29.3 Å². The van der Waals surface area contributed by atoms with Gasteiger partial charge in [0.25, 0.3) is 5.91 Å². The van der Waals surface area contributed by atoms with Crippen LogP contribution in [0.1, 0.15) is 102 Å². The minimum absolute atomic E-state index is 0.0162. The third-order valence-electron chi connectivity index (χ3n) is 6.80. The van der Waals surface area contributed by atoms with Crippen molar-refractivity contribution in [3.05, 3.63) is 65.1 Å². The van der Waals surface area contributed by atoms with Gasteiger partial charge < -0.3 is 5.11 Å². The molecule has 0 radical (unpaired) electrons. The SMILES string of the molecule is CCCCCCCCCCCCCCCCN1C(=O)/C(=C\c2ccc(O)cc2)SC1=Nc1ccccc1. The maximum absolute atomic E-state index is 13.2. The molecule has 2 aromatic rings. The van der Waals surface area contributed by atoms with E-state index in [2.05, 4.69) is 6.92 Å². The second kappa shape index (κ2) is 17.1. The van der Waals surface area contributed by atoms with Crippen LogP contribution in [0.25, 0.3) is 6.08 Å². The topological polar surface area (TPSA) is 52.9 Å². The highest BCUT2D eigenvalue weighted by molar-refractivity contribution is 8.18. The first-order chi connectivity index (χ1) is 18.2. The number of nitrogens with zero attached hydrogens (tertiary/aromatic N) is 2. The quantitative estimate of drug-likeness (QED) is 0.167. The van der Waals surface area contributed by atoms with Crippen LogP contribution < -0.4 is 0 Å². The molecule has 0 bridgehead atoms. The summed E-state index contributed by atoms with van der Waals surface area (Å²) < 4.78 is 0. The van der Waals surface area contributed by atoms with Crippen molar-refractivity contribution in [3.8, 4) is 5.75 Å². The van der Waals surface area contributed by atoms with Gasteiger partial charge in [-0.15, -0.1) is 0 Å². The third kappa shape index (κ3) is 10.8. The zero-order valence-corrected chi connectivity index (χ0v) is 23.4. The molecule has 1 N–H and O–H groups in total. The molecule has 1 aliphatic rings. The number of rotatable bonds is 17. The van der Waals surface area contributed by atoms with Crippen molar-refractivity contribution >= 4 is 34.6 Å². The summed E-state index contributed by atoms with van der Waals surface area (Å²) >= 11 is 1.43. The highest BCUT2D eigenvalue weighted by Crippen LogP contribution is 2.34. The first kappa shape index (κ1) is 29.0. The van der Waals surface area contributed by atoms with Crippen LogP contribution >= 0.6 is 11.8 Å². The van der Waals surface area contributed by atoms with E-state index >= 15 is 0 Å². The van der Waals surface area contributed by atoms with Crippen molar-refractivity contribution in [2.24, 2.45) is 4.99 Å². The Morgan fingerprint density at radius 3 is 1.86 bits per heavy atom. The summed E-state index contributed by atoms with van der Waals surface area (Å²) in [7, 11) is 0. The third-order valence-corrected chi connectivity index (χ3v) is 7.80. The van der Waals surface area contributed by atoms with Gasteiger partial charge in [0.05, 0.1) is 10.6 Å². The number of amidine groups is 1. The second-order valence-electron chi connectivity index (χ2n) is 9.99. The van der Waals surface area contributed by atoms with Gasteiger partial charge >= 0.3 is 0 Å². The zero-order chi connectivity index (χ0) is 26.1. The number of phenolic OH excluding ortho intramolecular Hbond substituents is 1. The molecular weight excluding hydrogens is 476 g/mol. The van der Waals surface area contributed by atoms with Crippen LogP contribution in [-0.2, 0) is 4.79 Å². The molecule has 37 heavy (non-hydrogen) atoms. The lowest BCUT2D eigenvalue weighted by atomic mass is 10.0. The van der Waals surface area contributed by atoms with E-state index in [1.54, 1.807) is 12.1 Å². The van der Waals surface area contributed by atoms with E-state index in [1.807, 2.05) is 53.4 Å². The molecule has 0 aromatic heterocycles. The molecule has 2 aromatic carbocycles. The average Bonchev–Trinajstić information content (AvgIpc) is 3.19. The molecular formula is C32H44N2O2S. The molecule has 0 unspecified atom stereocenters. The predicted molar refractivity (Wildman–Crippen MR) is 159 cm³/mol. The van der Waals surface area contributed by atoms with E-state index in [9.17, 15) is 9.90 Å². The van der Waals surface area contributed by atoms with Gasteiger partial charge in [-0.2, -0.15) is 0 Å². The summed E-state index contributed by atoms with van der Waals surface area (Å²) in [5.74, 6) is 0.237. The normalized spacial score (nSPS) is 15.8. The second-order valence-corrected chi connectivity index (χ2v) is 11.0. The minimum atomic E-state index is 0.0162. The molecule has 1 aliphatic heterocycles. The van der Waals surface area contributed by atoms with Gasteiger partial charge in [-0.25, -0.2) is 4.99 Å². The molecule has 1 saturated heterocycles. The number of phenols is 1. The van der Waals surface area contributed by atoms with E-state index in [1.165, 1.54) is 88.8 Å². The van der Waals surface area contributed by atoms with Crippen molar-refractivity contribution in [2.45, 2.75) is 96.8 Å². The van der Waals surface area contributed by atoms with Gasteiger partial charge in [0.15, 0.2) is 5.17 Å². The molecule has 0 aliphatic carbocycles. The highest BCUT2D eigenvalue weighted by atomic mass is 32.2. The highest BCUT2D eigenvalue weighted by Gasteiger charge is 2.33. The summed E-state index contributed by atoms with van der Waals surface area (Å²) in [6.45, 7) is 2.97. The lowest BCUT2D eigenvalue weighted by Gasteiger charge is -2.15. The van der Waals surface area contributed by atoms with Gasteiger partial charge in [0.2, 0.25) is 0 Å². The summed E-state index contributed by atoms with van der Waals surface area (Å²) in [5, 5.41) is 10.3. The van der Waals surface area contributed by atoms with E-state index < -0.39 is 0 Å². The Morgan fingerprint density at radius 2 is 1.30 bits per heavy atom. The number of hydrogen-bond donors (Lipinski definition) is 1. The number of amides is 1. The van der Waals surface area contributed by atoms with Crippen molar-refractivity contribution in [1.82, 2.24) is 4.90 Å². The molecule has 200 valence electrons. The Labute approximate surface area is 228 Å². The zero-order valence-electron chi connectivity index (χ0n) is 22.5. The molecule has 3 rings (SSSR count). The van der Waals surface area contributed by atoms with E-state index in [-0.39, 0.29) is 11.7 Å². The summed E-state index contributed by atoms with van der Waals surface area (Å²) in [6.07, 6.45) is 20.4. The Kier molecular flexibility index (Phi) is 13.4. The Balaban J connectivity index is 1.41. The van der Waals surface area contributed by atoms with Crippen LogP contribution in [0.3, 0.4) is 0 Å². The molecule has 0 atom stereocenters. The molecule has 1 amide bonds. The number of benzene rings is 2. The number of thioether (sulfide) groups is 1. The van der Waals surface area contributed by atoms with Crippen LogP contribution in [0.5, 0.6) is 5.75 Å². The molecule has 0 saturated carbocycles. The fourth-order valence-corrected chi connectivity index (χ4v) is 5.61. The van der Waals surface area contributed by atoms with Crippen LogP contribution in [0.2, 0.25) is 0 Å². The van der Waals surface area contributed by atoms with Crippen LogP contribution in [0.15, 0.2) is 64.5 Å². The first-order valence-electron chi connectivity index (χ1n) is 14.3. The predicted octanol–water partition coefficient (Wildman–Crippen LogP) is 9.48. The van der Waals surface area contributed by atoms with Gasteiger partial charge in [0.1, 0.15) is 5.75 Å². The number of aliphatic imine (C=N–C) groups is 1. The fraction of sp³-hybridized carbons (Fsp3) is 0.500. The number of unbranched alkanes of at least 4 members (excludes halogenated alkanes) is 13. The van der Waals surface area contributed by atoms with Crippen molar-refractivity contribution < 1.29 is 9.90 Å². The van der Waals surface area contributed by atoms with Crippen molar-refractivity contribution in [2.75, 3.05) is 6.54 Å².